The molecule has 1 aliphatic carbocycles. The molecule has 134 valence electrons. The van der Waals surface area contributed by atoms with E-state index in [4.69, 9.17) is 0 Å². The van der Waals surface area contributed by atoms with Gasteiger partial charge in [-0.15, -0.1) is 0 Å². The van der Waals surface area contributed by atoms with Gasteiger partial charge in [0.2, 0.25) is 0 Å². The van der Waals surface area contributed by atoms with Gasteiger partial charge in [-0.2, -0.15) is 13.2 Å². The molecule has 0 bridgehead atoms. The number of halogens is 3. The molecule has 1 N–H and O–H groups in total. The zero-order valence-electron chi connectivity index (χ0n) is 14.2. The van der Waals surface area contributed by atoms with Gasteiger partial charge in [0.05, 0.1) is 12.0 Å². The largest absolute Gasteiger partial charge is 0.393 e. The molecule has 5 heteroatoms. The maximum absolute atomic E-state index is 12.4. The smallest absolute Gasteiger partial charge is 0.390 e. The van der Waals surface area contributed by atoms with Gasteiger partial charge in [-0.25, -0.2) is 0 Å². The summed E-state index contributed by atoms with van der Waals surface area (Å²) in [4.78, 5) is 2.29. The van der Waals surface area contributed by atoms with E-state index in [1.807, 2.05) is 19.1 Å². The number of anilines is 1. The van der Waals surface area contributed by atoms with Gasteiger partial charge in [-0.1, -0.05) is 19.1 Å². The summed E-state index contributed by atoms with van der Waals surface area (Å²) in [6.45, 7) is 3.94. The third kappa shape index (κ3) is 3.88. The lowest BCUT2D eigenvalue weighted by Crippen LogP contribution is -2.40. The number of benzene rings is 1. The molecular weight excluding hydrogens is 315 g/mol. The van der Waals surface area contributed by atoms with Gasteiger partial charge in [0.15, 0.2) is 0 Å². The van der Waals surface area contributed by atoms with Crippen LogP contribution in [0.25, 0.3) is 0 Å². The van der Waals surface area contributed by atoms with Crippen molar-refractivity contribution in [2.24, 2.45) is 5.41 Å². The second-order valence-corrected chi connectivity index (χ2v) is 7.71. The second kappa shape index (κ2) is 6.25. The highest BCUT2D eigenvalue weighted by molar-refractivity contribution is 5.49. The van der Waals surface area contributed by atoms with Crippen molar-refractivity contribution in [2.45, 2.75) is 63.6 Å². The van der Waals surface area contributed by atoms with E-state index in [1.54, 1.807) is 12.1 Å². The van der Waals surface area contributed by atoms with Crippen molar-refractivity contribution < 1.29 is 18.3 Å². The Morgan fingerprint density at radius 3 is 2.21 bits per heavy atom. The zero-order valence-corrected chi connectivity index (χ0v) is 14.2. The number of hydrogen-bond acceptors (Lipinski definition) is 2. The molecule has 2 aliphatic rings. The third-order valence-electron chi connectivity index (χ3n) is 6.04. The van der Waals surface area contributed by atoms with Gasteiger partial charge in [-0.05, 0) is 61.6 Å². The first-order valence-corrected chi connectivity index (χ1v) is 8.86. The molecule has 2 nitrogen and oxygen atoms in total. The fourth-order valence-electron chi connectivity index (χ4n) is 4.22. The fraction of sp³-hybridized carbons (Fsp3) is 0.684. The predicted molar refractivity (Wildman–Crippen MR) is 89.2 cm³/mol. The number of alkyl halides is 3. The molecule has 0 amide bonds. The third-order valence-corrected chi connectivity index (χ3v) is 6.04. The molecule has 1 aromatic carbocycles. The van der Waals surface area contributed by atoms with Crippen molar-refractivity contribution >= 4 is 5.69 Å². The van der Waals surface area contributed by atoms with Crippen LogP contribution in [0.15, 0.2) is 24.3 Å². The summed E-state index contributed by atoms with van der Waals surface area (Å²) in [6, 6.07) is 6.80. The van der Waals surface area contributed by atoms with E-state index < -0.39 is 18.2 Å². The molecular formula is C19H26F3NO. The summed E-state index contributed by atoms with van der Waals surface area (Å²) in [7, 11) is 0. The number of hydrogen-bond donors (Lipinski definition) is 1. The Hall–Kier alpha value is -1.23. The SMILES string of the molecule is CC[C@]1(O)CC[C@@]2(CCN(c3ccc(CC(F)(F)F)cc3)C2)CC1. The molecule has 0 radical (unpaired) electrons. The van der Waals surface area contributed by atoms with E-state index in [2.05, 4.69) is 4.90 Å². The molecule has 1 aromatic rings. The Morgan fingerprint density at radius 2 is 1.67 bits per heavy atom. The quantitative estimate of drug-likeness (QED) is 0.861. The van der Waals surface area contributed by atoms with Crippen LogP contribution in [0.4, 0.5) is 18.9 Å². The van der Waals surface area contributed by atoms with E-state index in [9.17, 15) is 18.3 Å². The molecule has 3 rings (SSSR count). The van der Waals surface area contributed by atoms with E-state index >= 15 is 0 Å². The van der Waals surface area contributed by atoms with Crippen molar-refractivity contribution in [3.05, 3.63) is 29.8 Å². The highest BCUT2D eigenvalue weighted by atomic mass is 19.4. The normalized spacial score (nSPS) is 31.0. The summed E-state index contributed by atoms with van der Waals surface area (Å²) >= 11 is 0. The van der Waals surface area contributed by atoms with Gasteiger partial charge in [0.25, 0.3) is 0 Å². The van der Waals surface area contributed by atoms with Crippen LogP contribution in [0.1, 0.15) is 51.0 Å². The van der Waals surface area contributed by atoms with Crippen molar-refractivity contribution in [1.82, 2.24) is 0 Å². The molecule has 0 aromatic heterocycles. The van der Waals surface area contributed by atoms with Crippen LogP contribution in [0.3, 0.4) is 0 Å². The Kier molecular flexibility index (Phi) is 4.58. The van der Waals surface area contributed by atoms with E-state index in [1.165, 1.54) is 0 Å². The summed E-state index contributed by atoms with van der Waals surface area (Å²) < 4.78 is 37.3. The minimum Gasteiger partial charge on any atom is -0.390 e. The highest BCUT2D eigenvalue weighted by Gasteiger charge is 2.44. The topological polar surface area (TPSA) is 23.5 Å². The molecule has 1 spiro atoms. The van der Waals surface area contributed by atoms with Crippen molar-refractivity contribution in [1.29, 1.82) is 0 Å². The summed E-state index contributed by atoms with van der Waals surface area (Å²) in [5.41, 5.74) is 1.10. The Balaban J connectivity index is 1.62. The van der Waals surface area contributed by atoms with Crippen LogP contribution < -0.4 is 4.90 Å². The zero-order chi connectivity index (χ0) is 17.4. The first kappa shape index (κ1) is 17.6. The van der Waals surface area contributed by atoms with E-state index in [0.29, 0.717) is 5.56 Å². The second-order valence-electron chi connectivity index (χ2n) is 7.71. The number of nitrogens with zero attached hydrogens (tertiary/aromatic N) is 1. The van der Waals surface area contributed by atoms with E-state index in [-0.39, 0.29) is 5.41 Å². The van der Waals surface area contributed by atoms with Crippen molar-refractivity contribution in [3.63, 3.8) is 0 Å². The average Bonchev–Trinajstić information content (AvgIpc) is 2.94. The molecule has 1 aliphatic heterocycles. The minimum atomic E-state index is -4.16. The molecule has 0 unspecified atom stereocenters. The fourth-order valence-corrected chi connectivity index (χ4v) is 4.22. The van der Waals surface area contributed by atoms with Crippen molar-refractivity contribution in [2.75, 3.05) is 18.0 Å². The highest BCUT2D eigenvalue weighted by Crippen LogP contribution is 2.48. The lowest BCUT2D eigenvalue weighted by Gasteiger charge is -2.41. The van der Waals surface area contributed by atoms with Gasteiger partial charge >= 0.3 is 6.18 Å². The molecule has 1 saturated heterocycles. The Morgan fingerprint density at radius 1 is 1.04 bits per heavy atom. The maximum Gasteiger partial charge on any atom is 0.393 e. The lowest BCUT2D eigenvalue weighted by molar-refractivity contribution is -0.127. The van der Waals surface area contributed by atoms with Gasteiger partial charge < -0.3 is 10.0 Å². The standard InChI is InChI=1S/C19H26F3NO/c1-2-18(24)9-7-17(8-10-18)11-12-23(14-17)16-5-3-15(4-6-16)13-19(20,21)22/h3-6,24H,2,7-14H2,1H3/t17-,18-. The van der Waals surface area contributed by atoms with Crippen molar-refractivity contribution in [3.8, 4) is 0 Å². The van der Waals surface area contributed by atoms with Crippen LogP contribution >= 0.6 is 0 Å². The molecule has 2 fully saturated rings. The van der Waals surface area contributed by atoms with Crippen LogP contribution in [0.2, 0.25) is 0 Å². The summed E-state index contributed by atoms with van der Waals surface area (Å²) in [6.07, 6.45) is 0.707. The molecule has 1 heterocycles. The van der Waals surface area contributed by atoms with Gasteiger partial charge in [-0.3, -0.25) is 0 Å². The molecule has 1 saturated carbocycles. The maximum atomic E-state index is 12.4. The molecule has 0 atom stereocenters. The van der Waals surface area contributed by atoms with Gasteiger partial charge in [0, 0.05) is 18.8 Å². The lowest BCUT2D eigenvalue weighted by atomic mass is 9.67. The monoisotopic (exact) mass is 341 g/mol. The van der Waals surface area contributed by atoms with Crippen LogP contribution in [-0.2, 0) is 6.42 Å². The predicted octanol–water partition coefficient (Wildman–Crippen LogP) is 4.70. The number of aliphatic hydroxyl groups is 1. The Bertz CT molecular complexity index is 559. The first-order chi connectivity index (χ1) is 11.2. The molecule has 24 heavy (non-hydrogen) atoms. The summed E-state index contributed by atoms with van der Waals surface area (Å²) in [5, 5.41) is 10.4. The summed E-state index contributed by atoms with van der Waals surface area (Å²) in [5.74, 6) is 0. The van der Waals surface area contributed by atoms with Gasteiger partial charge in [0.1, 0.15) is 0 Å². The van der Waals surface area contributed by atoms with Crippen LogP contribution in [-0.4, -0.2) is 30.0 Å². The Labute approximate surface area is 141 Å². The minimum absolute atomic E-state index is 0.270. The van der Waals surface area contributed by atoms with Crippen LogP contribution in [0.5, 0.6) is 0 Å². The number of rotatable bonds is 3. The van der Waals surface area contributed by atoms with Crippen LogP contribution in [0, 0.1) is 5.41 Å². The first-order valence-electron chi connectivity index (χ1n) is 8.86. The average molecular weight is 341 g/mol. The van der Waals surface area contributed by atoms with E-state index in [0.717, 1.165) is 57.3 Å².